The van der Waals surface area contributed by atoms with Crippen LogP contribution in [-0.2, 0) is 10.0 Å². The number of benzene rings is 1. The smallest absolute Gasteiger partial charge is 0.306 e. The van der Waals surface area contributed by atoms with Crippen molar-refractivity contribution in [3.05, 3.63) is 62.8 Å². The van der Waals surface area contributed by atoms with Gasteiger partial charge in [0.05, 0.1) is 10.6 Å². The molecule has 8 nitrogen and oxygen atoms in total. The summed E-state index contributed by atoms with van der Waals surface area (Å²) in [4.78, 5) is 23.0. The van der Waals surface area contributed by atoms with Crippen LogP contribution in [0.1, 0.15) is 0 Å². The highest BCUT2D eigenvalue weighted by Gasteiger charge is 2.20. The number of nitrogens with one attached hydrogen (secondary N) is 2. The van der Waals surface area contributed by atoms with E-state index in [9.17, 15) is 27.7 Å². The van der Waals surface area contributed by atoms with Crippen molar-refractivity contribution in [1.29, 1.82) is 0 Å². The Labute approximate surface area is 117 Å². The lowest BCUT2D eigenvalue weighted by molar-refractivity contribution is -0.387. The zero-order valence-corrected chi connectivity index (χ0v) is 11.1. The monoisotopic (exact) mass is 313 g/mol. The molecule has 10 heteroatoms. The van der Waals surface area contributed by atoms with Crippen LogP contribution in [0.15, 0.2) is 46.3 Å². The van der Waals surface area contributed by atoms with Crippen LogP contribution in [0.4, 0.5) is 15.8 Å². The Balaban J connectivity index is 2.43. The summed E-state index contributed by atoms with van der Waals surface area (Å²) in [6, 6.07) is 3.51. The van der Waals surface area contributed by atoms with Gasteiger partial charge in [-0.1, -0.05) is 0 Å². The molecule has 0 saturated carbocycles. The summed E-state index contributed by atoms with van der Waals surface area (Å²) in [5.74, 6) is -1.10. The van der Waals surface area contributed by atoms with E-state index in [1.807, 2.05) is 4.72 Å². The molecular weight excluding hydrogens is 305 g/mol. The number of aromatic nitrogens is 1. The molecule has 0 saturated heterocycles. The van der Waals surface area contributed by atoms with Crippen LogP contribution in [0, 0.1) is 15.9 Å². The second-order valence-corrected chi connectivity index (χ2v) is 5.55. The standard InChI is InChI=1S/C11H8FN3O5S/c12-8-2-1-7(5-9(8)15(17)18)14-21(19,20)11-6-13-4-3-10(11)16/h1-6,14H,(H,13,16). The van der Waals surface area contributed by atoms with Crippen LogP contribution < -0.4 is 10.2 Å². The highest BCUT2D eigenvalue weighted by atomic mass is 32.2. The number of hydrogen-bond donors (Lipinski definition) is 2. The summed E-state index contributed by atoms with van der Waals surface area (Å²) in [5, 5.41) is 10.6. The van der Waals surface area contributed by atoms with Gasteiger partial charge < -0.3 is 4.98 Å². The van der Waals surface area contributed by atoms with Crippen LogP contribution in [0.2, 0.25) is 0 Å². The maximum atomic E-state index is 13.2. The fraction of sp³-hybridized carbons (Fsp3) is 0. The summed E-state index contributed by atoms with van der Waals surface area (Å²) in [6.45, 7) is 0. The lowest BCUT2D eigenvalue weighted by Gasteiger charge is -2.07. The number of H-pyrrole nitrogens is 1. The quantitative estimate of drug-likeness (QED) is 0.649. The number of nitro groups is 1. The first-order valence-electron chi connectivity index (χ1n) is 5.45. The third kappa shape index (κ3) is 3.05. The molecule has 0 bridgehead atoms. The number of rotatable bonds is 4. The van der Waals surface area contributed by atoms with Gasteiger partial charge in [-0.25, -0.2) is 8.42 Å². The van der Waals surface area contributed by atoms with Crippen LogP contribution in [-0.4, -0.2) is 18.3 Å². The first kappa shape index (κ1) is 14.7. The lowest BCUT2D eigenvalue weighted by Crippen LogP contribution is -2.21. The molecule has 2 N–H and O–H groups in total. The van der Waals surface area contributed by atoms with Gasteiger partial charge in [0, 0.05) is 24.5 Å². The second kappa shape index (κ2) is 5.32. The molecule has 0 aliphatic carbocycles. The number of sulfonamides is 1. The molecule has 1 aromatic carbocycles. The van der Waals surface area contributed by atoms with Crippen LogP contribution >= 0.6 is 0 Å². The van der Waals surface area contributed by atoms with Gasteiger partial charge in [-0.05, 0) is 12.1 Å². The Morgan fingerprint density at radius 2 is 2.00 bits per heavy atom. The Morgan fingerprint density at radius 1 is 1.29 bits per heavy atom. The summed E-state index contributed by atoms with van der Waals surface area (Å²) in [7, 11) is -4.24. The van der Waals surface area contributed by atoms with Crippen molar-refractivity contribution >= 4 is 21.4 Å². The molecule has 21 heavy (non-hydrogen) atoms. The van der Waals surface area contributed by atoms with E-state index in [0.29, 0.717) is 0 Å². The molecule has 0 unspecified atom stereocenters. The minimum absolute atomic E-state index is 0.230. The maximum absolute atomic E-state index is 13.2. The maximum Gasteiger partial charge on any atom is 0.306 e. The molecule has 0 radical (unpaired) electrons. The molecule has 0 atom stereocenters. The van der Waals surface area contributed by atoms with Gasteiger partial charge in [0.25, 0.3) is 10.0 Å². The molecule has 2 aromatic rings. The number of halogens is 1. The van der Waals surface area contributed by atoms with Crippen LogP contribution in [0.3, 0.4) is 0 Å². The van der Waals surface area contributed by atoms with E-state index in [1.165, 1.54) is 6.20 Å². The summed E-state index contributed by atoms with van der Waals surface area (Å²) < 4.78 is 39.1. The van der Waals surface area contributed by atoms with Gasteiger partial charge in [-0.3, -0.25) is 19.6 Å². The Morgan fingerprint density at radius 3 is 2.62 bits per heavy atom. The molecular formula is C11H8FN3O5S. The third-order valence-electron chi connectivity index (χ3n) is 2.47. The van der Waals surface area contributed by atoms with E-state index in [-0.39, 0.29) is 5.69 Å². The molecule has 1 aromatic heterocycles. The van der Waals surface area contributed by atoms with Crippen molar-refractivity contribution in [2.75, 3.05) is 4.72 Å². The molecule has 0 aliphatic rings. The summed E-state index contributed by atoms with van der Waals surface area (Å²) >= 11 is 0. The zero-order chi connectivity index (χ0) is 15.6. The second-order valence-electron chi connectivity index (χ2n) is 3.90. The molecule has 1 heterocycles. The zero-order valence-electron chi connectivity index (χ0n) is 10.2. The van der Waals surface area contributed by atoms with E-state index in [4.69, 9.17) is 0 Å². The fourth-order valence-corrected chi connectivity index (χ4v) is 2.64. The number of aromatic amines is 1. The predicted octanol–water partition coefficient (Wildman–Crippen LogP) is 1.22. The van der Waals surface area contributed by atoms with Crippen molar-refractivity contribution in [2.45, 2.75) is 4.90 Å². The molecule has 110 valence electrons. The van der Waals surface area contributed by atoms with Crippen molar-refractivity contribution in [3.8, 4) is 0 Å². The molecule has 2 rings (SSSR count). The first-order valence-corrected chi connectivity index (χ1v) is 6.93. The first-order chi connectivity index (χ1) is 9.81. The van der Waals surface area contributed by atoms with Crippen LogP contribution in [0.5, 0.6) is 0 Å². The van der Waals surface area contributed by atoms with Crippen LogP contribution in [0.25, 0.3) is 0 Å². The van der Waals surface area contributed by atoms with Gasteiger partial charge in [-0.2, -0.15) is 4.39 Å². The Bertz CT molecular complexity index is 862. The fourth-order valence-electron chi connectivity index (χ4n) is 1.54. The molecule has 0 amide bonds. The number of anilines is 1. The topological polar surface area (TPSA) is 122 Å². The SMILES string of the molecule is O=c1cc[nH]cc1S(=O)(=O)Nc1ccc(F)c([N+](=O)[O-])c1. The minimum atomic E-state index is -4.24. The third-order valence-corrected chi connectivity index (χ3v) is 3.88. The average Bonchev–Trinajstić information content (AvgIpc) is 2.40. The highest BCUT2D eigenvalue weighted by molar-refractivity contribution is 7.92. The van der Waals surface area contributed by atoms with E-state index in [0.717, 1.165) is 30.5 Å². The predicted molar refractivity (Wildman–Crippen MR) is 70.9 cm³/mol. The number of hydrogen-bond acceptors (Lipinski definition) is 5. The van der Waals surface area contributed by atoms with Gasteiger partial charge in [0.2, 0.25) is 11.2 Å². The number of pyridine rings is 1. The van der Waals surface area contributed by atoms with E-state index < -0.39 is 36.8 Å². The molecule has 0 aliphatic heterocycles. The Hall–Kier alpha value is -2.75. The Kier molecular flexibility index (Phi) is 3.72. The van der Waals surface area contributed by atoms with Crippen molar-refractivity contribution < 1.29 is 17.7 Å². The molecule has 0 spiro atoms. The largest absolute Gasteiger partial charge is 0.366 e. The van der Waals surface area contributed by atoms with Gasteiger partial charge in [0.15, 0.2) is 4.90 Å². The van der Waals surface area contributed by atoms with Gasteiger partial charge >= 0.3 is 5.69 Å². The number of nitrogens with zero attached hydrogens (tertiary/aromatic N) is 1. The van der Waals surface area contributed by atoms with E-state index >= 15 is 0 Å². The van der Waals surface area contributed by atoms with E-state index in [1.54, 1.807) is 0 Å². The number of nitro benzene ring substituents is 1. The lowest BCUT2D eigenvalue weighted by atomic mass is 10.3. The summed E-state index contributed by atoms with van der Waals surface area (Å²) in [5.41, 5.74) is -1.86. The van der Waals surface area contributed by atoms with Gasteiger partial charge in [0.1, 0.15) is 0 Å². The van der Waals surface area contributed by atoms with Crippen molar-refractivity contribution in [1.82, 2.24) is 4.98 Å². The summed E-state index contributed by atoms with van der Waals surface area (Å²) in [6.07, 6.45) is 2.23. The average molecular weight is 313 g/mol. The molecule has 0 fully saturated rings. The van der Waals surface area contributed by atoms with E-state index in [2.05, 4.69) is 4.98 Å². The van der Waals surface area contributed by atoms with Crippen molar-refractivity contribution in [3.63, 3.8) is 0 Å². The van der Waals surface area contributed by atoms with Gasteiger partial charge in [-0.15, -0.1) is 0 Å². The minimum Gasteiger partial charge on any atom is -0.366 e. The highest BCUT2D eigenvalue weighted by Crippen LogP contribution is 2.23. The van der Waals surface area contributed by atoms with Crippen molar-refractivity contribution in [2.24, 2.45) is 0 Å². The normalized spacial score (nSPS) is 11.1.